The molecule has 25 heavy (non-hydrogen) atoms. The van der Waals surface area contributed by atoms with E-state index in [2.05, 4.69) is 5.32 Å². The Morgan fingerprint density at radius 3 is 2.40 bits per heavy atom. The van der Waals surface area contributed by atoms with Crippen molar-refractivity contribution in [3.05, 3.63) is 63.9 Å². The molecule has 0 aliphatic heterocycles. The number of anilines is 1. The highest BCUT2D eigenvalue weighted by Crippen LogP contribution is 2.25. The van der Waals surface area contributed by atoms with Gasteiger partial charge in [0.15, 0.2) is 0 Å². The van der Waals surface area contributed by atoms with E-state index < -0.39 is 5.82 Å². The molecule has 2 aromatic rings. The Morgan fingerprint density at radius 1 is 1.12 bits per heavy atom. The summed E-state index contributed by atoms with van der Waals surface area (Å²) in [6.45, 7) is 2.17. The first kappa shape index (κ1) is 19.2. The summed E-state index contributed by atoms with van der Waals surface area (Å²) >= 11 is 11.9. The molecular weight excluding hydrogens is 366 g/mol. The van der Waals surface area contributed by atoms with Crippen molar-refractivity contribution in [3.8, 4) is 0 Å². The summed E-state index contributed by atoms with van der Waals surface area (Å²) in [5, 5.41) is 3.43. The summed E-state index contributed by atoms with van der Waals surface area (Å²) < 4.78 is 13.0. The second-order valence-corrected chi connectivity index (χ2v) is 6.25. The molecule has 2 rings (SSSR count). The number of nitrogens with zero attached hydrogens (tertiary/aromatic N) is 1. The van der Waals surface area contributed by atoms with Crippen molar-refractivity contribution in [2.24, 2.45) is 0 Å². The smallest absolute Gasteiger partial charge is 0.254 e. The van der Waals surface area contributed by atoms with Crippen LogP contribution in [0.3, 0.4) is 0 Å². The molecule has 1 N–H and O–H groups in total. The zero-order valence-corrected chi connectivity index (χ0v) is 15.1. The molecule has 0 bridgehead atoms. The van der Waals surface area contributed by atoms with Gasteiger partial charge in [0.2, 0.25) is 5.91 Å². The lowest BCUT2D eigenvalue weighted by atomic mass is 10.2. The molecule has 0 heterocycles. The van der Waals surface area contributed by atoms with E-state index >= 15 is 0 Å². The molecule has 2 amide bonds. The van der Waals surface area contributed by atoms with E-state index in [4.69, 9.17) is 23.2 Å². The van der Waals surface area contributed by atoms with Crippen LogP contribution in [0.25, 0.3) is 0 Å². The van der Waals surface area contributed by atoms with Crippen LogP contribution in [0.4, 0.5) is 10.1 Å². The zero-order chi connectivity index (χ0) is 18.4. The van der Waals surface area contributed by atoms with Crippen molar-refractivity contribution >= 4 is 40.7 Å². The standard InChI is InChI=1S/C18H17Cl2FN2O2/c1-2-9-23(18(25)12-3-6-14(21)7-4-12)11-17(24)22-16-8-5-13(19)10-15(16)20/h3-8,10H,2,9,11H2,1H3,(H,22,24). The maximum absolute atomic E-state index is 13.0. The van der Waals surface area contributed by atoms with E-state index in [1.807, 2.05) is 6.92 Å². The van der Waals surface area contributed by atoms with Gasteiger partial charge in [-0.1, -0.05) is 30.1 Å². The lowest BCUT2D eigenvalue weighted by Crippen LogP contribution is -2.38. The maximum atomic E-state index is 13.0. The largest absolute Gasteiger partial charge is 0.329 e. The average Bonchev–Trinajstić information content (AvgIpc) is 2.57. The fourth-order valence-corrected chi connectivity index (χ4v) is 2.71. The van der Waals surface area contributed by atoms with E-state index in [1.165, 1.54) is 35.2 Å². The number of carbonyl (C=O) groups is 2. The summed E-state index contributed by atoms with van der Waals surface area (Å²) in [6.07, 6.45) is 0.682. The van der Waals surface area contributed by atoms with Crippen LogP contribution < -0.4 is 5.32 Å². The Kier molecular flexibility index (Phi) is 6.79. The van der Waals surface area contributed by atoms with Crippen LogP contribution in [0.15, 0.2) is 42.5 Å². The second kappa shape index (κ2) is 8.83. The van der Waals surface area contributed by atoms with Crippen molar-refractivity contribution in [3.63, 3.8) is 0 Å². The van der Waals surface area contributed by atoms with Gasteiger partial charge in [-0.25, -0.2) is 4.39 Å². The first-order chi connectivity index (χ1) is 11.9. The molecular formula is C18H17Cl2FN2O2. The van der Waals surface area contributed by atoms with E-state index in [9.17, 15) is 14.0 Å². The molecule has 0 unspecified atom stereocenters. The van der Waals surface area contributed by atoms with Crippen LogP contribution in [0.1, 0.15) is 23.7 Å². The van der Waals surface area contributed by atoms with Gasteiger partial charge in [-0.05, 0) is 48.9 Å². The molecule has 0 fully saturated rings. The second-order valence-electron chi connectivity index (χ2n) is 5.41. The normalized spacial score (nSPS) is 10.4. The molecule has 0 aliphatic rings. The number of hydrogen-bond acceptors (Lipinski definition) is 2. The Hall–Kier alpha value is -2.11. The molecule has 0 radical (unpaired) electrons. The summed E-state index contributed by atoms with van der Waals surface area (Å²) in [6, 6.07) is 9.94. The summed E-state index contributed by atoms with van der Waals surface area (Å²) in [7, 11) is 0. The minimum atomic E-state index is -0.422. The Bertz CT molecular complexity index is 766. The monoisotopic (exact) mass is 382 g/mol. The van der Waals surface area contributed by atoms with E-state index in [0.717, 1.165) is 0 Å². The van der Waals surface area contributed by atoms with E-state index in [-0.39, 0.29) is 18.4 Å². The summed E-state index contributed by atoms with van der Waals surface area (Å²) in [5.41, 5.74) is 0.744. The average molecular weight is 383 g/mol. The van der Waals surface area contributed by atoms with Gasteiger partial charge in [0, 0.05) is 17.1 Å². The number of rotatable bonds is 6. The van der Waals surface area contributed by atoms with E-state index in [1.54, 1.807) is 12.1 Å². The van der Waals surface area contributed by atoms with Crippen molar-refractivity contribution in [1.82, 2.24) is 4.90 Å². The number of carbonyl (C=O) groups excluding carboxylic acids is 2. The first-order valence-corrected chi connectivity index (χ1v) is 8.46. The minimum absolute atomic E-state index is 0.136. The first-order valence-electron chi connectivity index (χ1n) is 7.70. The third kappa shape index (κ3) is 5.44. The minimum Gasteiger partial charge on any atom is -0.329 e. The highest BCUT2D eigenvalue weighted by Gasteiger charge is 2.19. The van der Waals surface area contributed by atoms with Crippen molar-refractivity contribution in [1.29, 1.82) is 0 Å². The molecule has 0 spiro atoms. The van der Waals surface area contributed by atoms with E-state index in [0.29, 0.717) is 34.3 Å². The number of nitrogens with one attached hydrogen (secondary N) is 1. The van der Waals surface area contributed by atoms with Gasteiger partial charge in [-0.15, -0.1) is 0 Å². The summed E-state index contributed by atoms with van der Waals surface area (Å²) in [4.78, 5) is 26.2. The van der Waals surface area contributed by atoms with Gasteiger partial charge in [0.25, 0.3) is 5.91 Å². The van der Waals surface area contributed by atoms with Crippen molar-refractivity contribution in [2.75, 3.05) is 18.4 Å². The number of benzene rings is 2. The summed E-state index contributed by atoms with van der Waals surface area (Å²) in [5.74, 6) is -1.14. The molecule has 4 nitrogen and oxygen atoms in total. The molecule has 0 saturated carbocycles. The van der Waals surface area contributed by atoms with Crippen LogP contribution >= 0.6 is 23.2 Å². The molecule has 132 valence electrons. The highest BCUT2D eigenvalue weighted by atomic mass is 35.5. The lowest BCUT2D eigenvalue weighted by Gasteiger charge is -2.22. The van der Waals surface area contributed by atoms with Gasteiger partial charge >= 0.3 is 0 Å². The maximum Gasteiger partial charge on any atom is 0.254 e. The SMILES string of the molecule is CCCN(CC(=O)Nc1ccc(Cl)cc1Cl)C(=O)c1ccc(F)cc1. The quantitative estimate of drug-likeness (QED) is 0.791. The molecule has 0 saturated heterocycles. The predicted octanol–water partition coefficient (Wildman–Crippen LogP) is 4.62. The van der Waals surface area contributed by atoms with Crippen molar-refractivity contribution in [2.45, 2.75) is 13.3 Å². The predicted molar refractivity (Wildman–Crippen MR) is 97.7 cm³/mol. The molecule has 7 heteroatoms. The third-order valence-electron chi connectivity index (χ3n) is 3.41. The fourth-order valence-electron chi connectivity index (χ4n) is 2.25. The topological polar surface area (TPSA) is 49.4 Å². The number of halogens is 3. The fraction of sp³-hybridized carbons (Fsp3) is 0.222. The Morgan fingerprint density at radius 2 is 1.80 bits per heavy atom. The van der Waals surface area contributed by atoms with Crippen LogP contribution in [0.5, 0.6) is 0 Å². The Labute approximate surface area is 155 Å². The van der Waals surface area contributed by atoms with Crippen molar-refractivity contribution < 1.29 is 14.0 Å². The number of hydrogen-bond donors (Lipinski definition) is 1. The van der Waals surface area contributed by atoms with Crippen LogP contribution in [0.2, 0.25) is 10.0 Å². The molecule has 0 aromatic heterocycles. The van der Waals surface area contributed by atoms with Gasteiger partial charge in [0.1, 0.15) is 12.4 Å². The molecule has 2 aromatic carbocycles. The lowest BCUT2D eigenvalue weighted by molar-refractivity contribution is -0.116. The number of amides is 2. The zero-order valence-electron chi connectivity index (χ0n) is 13.6. The Balaban J connectivity index is 2.08. The van der Waals surface area contributed by atoms with Gasteiger partial charge < -0.3 is 10.2 Å². The molecule has 0 atom stereocenters. The molecule has 0 aliphatic carbocycles. The van der Waals surface area contributed by atoms with Gasteiger partial charge in [-0.2, -0.15) is 0 Å². The van der Waals surface area contributed by atoms with Crippen LogP contribution in [-0.4, -0.2) is 29.8 Å². The van der Waals surface area contributed by atoms with Crippen LogP contribution in [-0.2, 0) is 4.79 Å². The van der Waals surface area contributed by atoms with Gasteiger partial charge in [-0.3, -0.25) is 9.59 Å². The third-order valence-corrected chi connectivity index (χ3v) is 3.96. The van der Waals surface area contributed by atoms with Gasteiger partial charge in [0.05, 0.1) is 10.7 Å². The van der Waals surface area contributed by atoms with Crippen LogP contribution in [0, 0.1) is 5.82 Å². The highest BCUT2D eigenvalue weighted by molar-refractivity contribution is 6.36.